The van der Waals surface area contributed by atoms with E-state index in [0.29, 0.717) is 11.8 Å². The van der Waals surface area contributed by atoms with Gasteiger partial charge < -0.3 is 9.84 Å². The second-order valence-electron chi connectivity index (χ2n) is 7.32. The molecule has 21 heavy (non-hydrogen) atoms. The van der Waals surface area contributed by atoms with Gasteiger partial charge in [-0.3, -0.25) is 0 Å². The van der Waals surface area contributed by atoms with Crippen molar-refractivity contribution in [3.8, 4) is 0 Å². The average Bonchev–Trinajstić information content (AvgIpc) is 2.48. The molecule has 1 unspecified atom stereocenters. The van der Waals surface area contributed by atoms with Gasteiger partial charge in [-0.15, -0.1) is 0 Å². The Morgan fingerprint density at radius 1 is 1.05 bits per heavy atom. The lowest BCUT2D eigenvalue weighted by molar-refractivity contribution is -0.135. The third-order valence-corrected chi connectivity index (χ3v) is 5.32. The largest absolute Gasteiger partial charge is 0.390 e. The Balaban J connectivity index is 2.04. The molecule has 1 atom stereocenters. The van der Waals surface area contributed by atoms with Crippen molar-refractivity contribution in [1.29, 1.82) is 0 Å². The van der Waals surface area contributed by atoms with Crippen LogP contribution in [0.15, 0.2) is 24.3 Å². The summed E-state index contributed by atoms with van der Waals surface area (Å²) in [5.74, 6) is 0. The number of aliphatic hydroxyl groups is 1. The summed E-state index contributed by atoms with van der Waals surface area (Å²) >= 11 is 0. The van der Waals surface area contributed by atoms with Gasteiger partial charge in [0.15, 0.2) is 0 Å². The van der Waals surface area contributed by atoms with E-state index < -0.39 is 6.10 Å². The predicted octanol–water partition coefficient (Wildman–Crippen LogP) is 4.14. The van der Waals surface area contributed by atoms with Gasteiger partial charge in [-0.2, -0.15) is 0 Å². The highest BCUT2D eigenvalue weighted by atomic mass is 16.5. The maximum atomic E-state index is 10.7. The molecule has 0 bridgehead atoms. The lowest BCUT2D eigenvalue weighted by Crippen LogP contribution is -2.49. The van der Waals surface area contributed by atoms with Gasteiger partial charge in [0.1, 0.15) is 0 Å². The molecule has 118 valence electrons. The standard InChI is InChI=1S/C19H30O2/c1-5-15-6-8-16(9-7-15)14-17(20)19(21-4)12-10-18(2,3)11-13-19/h6-9,17,20H,5,10-14H2,1-4H3. The fourth-order valence-electron chi connectivity index (χ4n) is 3.34. The minimum atomic E-state index is -0.425. The second-order valence-corrected chi connectivity index (χ2v) is 7.32. The van der Waals surface area contributed by atoms with Gasteiger partial charge in [0, 0.05) is 13.5 Å². The second kappa shape index (κ2) is 6.50. The minimum absolute atomic E-state index is 0.362. The van der Waals surface area contributed by atoms with Gasteiger partial charge in [-0.05, 0) is 48.6 Å². The summed E-state index contributed by atoms with van der Waals surface area (Å²) in [4.78, 5) is 0. The summed E-state index contributed by atoms with van der Waals surface area (Å²) in [7, 11) is 1.75. The Labute approximate surface area is 129 Å². The predicted molar refractivity (Wildman–Crippen MR) is 87.5 cm³/mol. The maximum absolute atomic E-state index is 10.7. The number of aryl methyl sites for hydroxylation is 1. The summed E-state index contributed by atoms with van der Waals surface area (Å²) in [6.45, 7) is 6.78. The molecule has 0 amide bonds. The van der Waals surface area contributed by atoms with Crippen molar-refractivity contribution in [1.82, 2.24) is 0 Å². The molecule has 2 heteroatoms. The number of hydrogen-bond donors (Lipinski definition) is 1. The van der Waals surface area contributed by atoms with Crippen LogP contribution >= 0.6 is 0 Å². The van der Waals surface area contributed by atoms with E-state index in [0.717, 1.165) is 32.1 Å². The fraction of sp³-hybridized carbons (Fsp3) is 0.684. The van der Waals surface area contributed by atoms with Crippen LogP contribution in [0.25, 0.3) is 0 Å². The third-order valence-electron chi connectivity index (χ3n) is 5.32. The first-order valence-electron chi connectivity index (χ1n) is 8.22. The highest BCUT2D eigenvalue weighted by molar-refractivity contribution is 5.23. The van der Waals surface area contributed by atoms with Crippen molar-refractivity contribution in [2.45, 2.75) is 71.0 Å². The van der Waals surface area contributed by atoms with E-state index in [1.807, 2.05) is 0 Å². The number of methoxy groups -OCH3 is 1. The third kappa shape index (κ3) is 3.87. The van der Waals surface area contributed by atoms with Crippen LogP contribution in [-0.4, -0.2) is 23.9 Å². The number of rotatable bonds is 5. The molecule has 1 N–H and O–H groups in total. The summed E-state index contributed by atoms with van der Waals surface area (Å²) in [5.41, 5.74) is 2.55. The molecular formula is C19H30O2. The number of aliphatic hydroxyl groups excluding tert-OH is 1. The molecule has 0 spiro atoms. The van der Waals surface area contributed by atoms with E-state index in [2.05, 4.69) is 45.0 Å². The molecule has 0 saturated heterocycles. The smallest absolute Gasteiger partial charge is 0.0940 e. The quantitative estimate of drug-likeness (QED) is 0.883. The molecule has 1 aliphatic rings. The first-order valence-corrected chi connectivity index (χ1v) is 8.22. The zero-order chi connectivity index (χ0) is 15.5. The van der Waals surface area contributed by atoms with Crippen LogP contribution in [0.4, 0.5) is 0 Å². The molecule has 1 aliphatic carbocycles. The SMILES string of the molecule is CCc1ccc(CC(O)C2(OC)CCC(C)(C)CC2)cc1. The van der Waals surface area contributed by atoms with Crippen LogP contribution in [0, 0.1) is 5.41 Å². The molecule has 1 aromatic rings. The van der Waals surface area contributed by atoms with Crippen molar-refractivity contribution >= 4 is 0 Å². The summed E-state index contributed by atoms with van der Waals surface area (Å²) in [6, 6.07) is 8.59. The van der Waals surface area contributed by atoms with Crippen molar-refractivity contribution in [3.63, 3.8) is 0 Å². The topological polar surface area (TPSA) is 29.5 Å². The summed E-state index contributed by atoms with van der Waals surface area (Å²) in [5, 5.41) is 10.7. The van der Waals surface area contributed by atoms with E-state index in [1.165, 1.54) is 11.1 Å². The van der Waals surface area contributed by atoms with E-state index in [-0.39, 0.29) is 5.60 Å². The Kier molecular flexibility index (Phi) is 5.11. The van der Waals surface area contributed by atoms with E-state index in [9.17, 15) is 5.11 Å². The number of benzene rings is 1. The van der Waals surface area contributed by atoms with Gasteiger partial charge in [0.05, 0.1) is 11.7 Å². The molecular weight excluding hydrogens is 260 g/mol. The van der Waals surface area contributed by atoms with Gasteiger partial charge in [-0.25, -0.2) is 0 Å². The Hall–Kier alpha value is -0.860. The summed E-state index contributed by atoms with van der Waals surface area (Å²) in [6.07, 6.45) is 5.44. The highest BCUT2D eigenvalue weighted by Gasteiger charge is 2.43. The van der Waals surface area contributed by atoms with E-state index in [4.69, 9.17) is 4.74 Å². The van der Waals surface area contributed by atoms with Crippen LogP contribution in [0.1, 0.15) is 57.6 Å². The molecule has 0 heterocycles. The molecule has 0 aromatic heterocycles. The van der Waals surface area contributed by atoms with Crippen LogP contribution in [0.2, 0.25) is 0 Å². The average molecular weight is 290 g/mol. The van der Waals surface area contributed by atoms with Crippen LogP contribution in [0.3, 0.4) is 0 Å². The minimum Gasteiger partial charge on any atom is -0.390 e. The van der Waals surface area contributed by atoms with Crippen molar-refractivity contribution < 1.29 is 9.84 Å². The maximum Gasteiger partial charge on any atom is 0.0940 e. The number of hydrogen-bond acceptors (Lipinski definition) is 2. The van der Waals surface area contributed by atoms with Crippen molar-refractivity contribution in [3.05, 3.63) is 35.4 Å². The van der Waals surface area contributed by atoms with Crippen molar-refractivity contribution in [2.75, 3.05) is 7.11 Å². The Morgan fingerprint density at radius 3 is 2.05 bits per heavy atom. The molecule has 0 aliphatic heterocycles. The lowest BCUT2D eigenvalue weighted by Gasteiger charge is -2.45. The summed E-state index contributed by atoms with van der Waals surface area (Å²) < 4.78 is 5.80. The zero-order valence-electron chi connectivity index (χ0n) is 14.0. The molecule has 1 saturated carbocycles. The molecule has 1 fully saturated rings. The van der Waals surface area contributed by atoms with E-state index >= 15 is 0 Å². The first-order chi connectivity index (χ1) is 9.91. The fourth-order valence-corrected chi connectivity index (χ4v) is 3.34. The first kappa shape index (κ1) is 16.5. The molecule has 2 rings (SSSR count). The normalized spacial score (nSPS) is 22.0. The van der Waals surface area contributed by atoms with Gasteiger partial charge in [-0.1, -0.05) is 45.0 Å². The van der Waals surface area contributed by atoms with Gasteiger partial charge in [0.25, 0.3) is 0 Å². The van der Waals surface area contributed by atoms with Crippen molar-refractivity contribution in [2.24, 2.45) is 5.41 Å². The number of ether oxygens (including phenoxy) is 1. The molecule has 1 aromatic carbocycles. The van der Waals surface area contributed by atoms with Crippen LogP contribution < -0.4 is 0 Å². The van der Waals surface area contributed by atoms with Gasteiger partial charge in [0.2, 0.25) is 0 Å². The highest BCUT2D eigenvalue weighted by Crippen LogP contribution is 2.43. The monoisotopic (exact) mass is 290 g/mol. The lowest BCUT2D eigenvalue weighted by atomic mass is 9.68. The molecule has 2 nitrogen and oxygen atoms in total. The Morgan fingerprint density at radius 2 is 1.57 bits per heavy atom. The zero-order valence-corrected chi connectivity index (χ0v) is 14.0. The Bertz CT molecular complexity index is 437. The van der Waals surface area contributed by atoms with Gasteiger partial charge >= 0.3 is 0 Å². The van der Waals surface area contributed by atoms with Crippen LogP contribution in [-0.2, 0) is 17.6 Å². The molecule has 0 radical (unpaired) electrons. The van der Waals surface area contributed by atoms with Crippen LogP contribution in [0.5, 0.6) is 0 Å². The van der Waals surface area contributed by atoms with E-state index in [1.54, 1.807) is 7.11 Å².